The summed E-state index contributed by atoms with van der Waals surface area (Å²) in [4.78, 5) is 12.3. The Morgan fingerprint density at radius 1 is 1.53 bits per heavy atom. The number of halogens is 1. The number of thioether (sulfide) groups is 1. The van der Waals surface area contributed by atoms with Crippen LogP contribution in [0.3, 0.4) is 0 Å². The van der Waals surface area contributed by atoms with Crippen molar-refractivity contribution in [2.24, 2.45) is 5.92 Å². The normalized spacial score (nSPS) is 12.2. The molecule has 0 amide bonds. The molecule has 0 aliphatic rings. The van der Waals surface area contributed by atoms with Gasteiger partial charge in [0, 0.05) is 15.1 Å². The molecule has 0 bridgehead atoms. The van der Waals surface area contributed by atoms with Crippen molar-refractivity contribution in [1.29, 1.82) is 0 Å². The number of carbonyl (C=O) groups excluding carboxylic acids is 1. The third kappa shape index (κ3) is 3.87. The Labute approximate surface area is 103 Å². The van der Waals surface area contributed by atoms with Crippen LogP contribution in [0.4, 0.5) is 0 Å². The molecule has 1 aromatic carbocycles. The Balaban J connectivity index is 2.50. The molecule has 4 heteroatoms. The van der Waals surface area contributed by atoms with E-state index in [2.05, 4.69) is 20.7 Å². The molecule has 0 fully saturated rings. The molecule has 0 aliphatic carbocycles. The van der Waals surface area contributed by atoms with Crippen molar-refractivity contribution in [3.05, 3.63) is 28.7 Å². The summed E-state index contributed by atoms with van der Waals surface area (Å²) in [6, 6.07) is 7.97. The van der Waals surface area contributed by atoms with Gasteiger partial charge in [0.25, 0.3) is 0 Å². The zero-order valence-electron chi connectivity index (χ0n) is 8.70. The molecular formula is C11H13BrO2S. The van der Waals surface area contributed by atoms with Gasteiger partial charge in [0.15, 0.2) is 0 Å². The molecule has 1 aromatic rings. The van der Waals surface area contributed by atoms with E-state index in [1.165, 1.54) is 7.11 Å². The smallest absolute Gasteiger partial charge is 0.309 e. The number of ether oxygens (including phenoxy) is 1. The highest BCUT2D eigenvalue weighted by atomic mass is 79.9. The van der Waals surface area contributed by atoms with Crippen LogP contribution in [0.2, 0.25) is 0 Å². The number of esters is 1. The van der Waals surface area contributed by atoms with Crippen molar-refractivity contribution in [2.75, 3.05) is 12.9 Å². The molecule has 15 heavy (non-hydrogen) atoms. The molecule has 1 rings (SSSR count). The van der Waals surface area contributed by atoms with Crippen LogP contribution in [0.5, 0.6) is 0 Å². The Kier molecular flexibility index (Phi) is 5.19. The summed E-state index contributed by atoms with van der Waals surface area (Å²) in [5, 5.41) is 0. The van der Waals surface area contributed by atoms with Gasteiger partial charge in [-0.25, -0.2) is 0 Å². The van der Waals surface area contributed by atoms with Gasteiger partial charge in [-0.2, -0.15) is 0 Å². The van der Waals surface area contributed by atoms with Crippen LogP contribution in [0.1, 0.15) is 6.92 Å². The lowest BCUT2D eigenvalue weighted by Crippen LogP contribution is -2.14. The van der Waals surface area contributed by atoms with E-state index >= 15 is 0 Å². The summed E-state index contributed by atoms with van der Waals surface area (Å²) in [6.45, 7) is 1.87. The van der Waals surface area contributed by atoms with Crippen molar-refractivity contribution in [3.63, 3.8) is 0 Å². The Bertz CT molecular complexity index is 341. The first-order valence-corrected chi connectivity index (χ1v) is 6.38. The van der Waals surface area contributed by atoms with E-state index in [1.807, 2.05) is 31.2 Å². The van der Waals surface area contributed by atoms with Gasteiger partial charge in [-0.05, 0) is 28.1 Å². The summed E-state index contributed by atoms with van der Waals surface area (Å²) in [5.74, 6) is 0.497. The average Bonchev–Trinajstić information content (AvgIpc) is 2.26. The SMILES string of the molecule is COC(=O)C(C)CSc1ccccc1Br. The predicted molar refractivity (Wildman–Crippen MR) is 66.0 cm³/mol. The van der Waals surface area contributed by atoms with E-state index in [-0.39, 0.29) is 11.9 Å². The van der Waals surface area contributed by atoms with Gasteiger partial charge in [0.1, 0.15) is 0 Å². The molecule has 0 saturated carbocycles. The molecule has 0 heterocycles. The maximum absolute atomic E-state index is 11.2. The third-order valence-corrected chi connectivity index (χ3v) is 4.22. The van der Waals surface area contributed by atoms with Crippen molar-refractivity contribution < 1.29 is 9.53 Å². The van der Waals surface area contributed by atoms with Crippen LogP contribution >= 0.6 is 27.7 Å². The lowest BCUT2D eigenvalue weighted by molar-refractivity contribution is -0.143. The summed E-state index contributed by atoms with van der Waals surface area (Å²) in [6.07, 6.45) is 0. The van der Waals surface area contributed by atoms with E-state index in [0.717, 1.165) is 15.1 Å². The quantitative estimate of drug-likeness (QED) is 0.628. The molecular weight excluding hydrogens is 276 g/mol. The lowest BCUT2D eigenvalue weighted by atomic mass is 10.2. The summed E-state index contributed by atoms with van der Waals surface area (Å²) >= 11 is 5.11. The number of hydrogen-bond acceptors (Lipinski definition) is 3. The molecule has 1 unspecified atom stereocenters. The molecule has 0 aromatic heterocycles. The minimum absolute atomic E-state index is 0.0768. The first-order valence-electron chi connectivity index (χ1n) is 4.60. The molecule has 82 valence electrons. The highest BCUT2D eigenvalue weighted by Gasteiger charge is 2.13. The molecule has 2 nitrogen and oxygen atoms in total. The van der Waals surface area contributed by atoms with Crippen molar-refractivity contribution in [3.8, 4) is 0 Å². The second kappa shape index (κ2) is 6.18. The van der Waals surface area contributed by atoms with Crippen molar-refractivity contribution >= 4 is 33.7 Å². The second-order valence-corrected chi connectivity index (χ2v) is 5.08. The van der Waals surface area contributed by atoms with Gasteiger partial charge in [-0.1, -0.05) is 19.1 Å². The summed E-state index contributed by atoms with van der Waals surface area (Å²) < 4.78 is 5.73. The van der Waals surface area contributed by atoms with E-state index in [1.54, 1.807) is 11.8 Å². The van der Waals surface area contributed by atoms with Crippen LogP contribution in [0.15, 0.2) is 33.6 Å². The summed E-state index contributed by atoms with van der Waals surface area (Å²) in [5.41, 5.74) is 0. The molecule has 0 aliphatic heterocycles. The van der Waals surface area contributed by atoms with E-state index < -0.39 is 0 Å². The Hall–Kier alpha value is -0.480. The number of hydrogen-bond donors (Lipinski definition) is 0. The van der Waals surface area contributed by atoms with Gasteiger partial charge >= 0.3 is 5.97 Å². The van der Waals surface area contributed by atoms with Gasteiger partial charge in [0.05, 0.1) is 13.0 Å². The van der Waals surface area contributed by atoms with Crippen LogP contribution in [-0.4, -0.2) is 18.8 Å². The molecule has 0 N–H and O–H groups in total. The molecule has 0 saturated heterocycles. The fraction of sp³-hybridized carbons (Fsp3) is 0.364. The number of benzene rings is 1. The zero-order valence-corrected chi connectivity index (χ0v) is 11.1. The number of rotatable bonds is 4. The van der Waals surface area contributed by atoms with Gasteiger partial charge < -0.3 is 4.74 Å². The minimum Gasteiger partial charge on any atom is -0.469 e. The fourth-order valence-corrected chi connectivity index (χ4v) is 2.62. The highest BCUT2D eigenvalue weighted by Crippen LogP contribution is 2.28. The van der Waals surface area contributed by atoms with E-state index in [0.29, 0.717) is 0 Å². The number of carbonyl (C=O) groups is 1. The van der Waals surface area contributed by atoms with Crippen molar-refractivity contribution in [2.45, 2.75) is 11.8 Å². The van der Waals surface area contributed by atoms with Crippen molar-refractivity contribution in [1.82, 2.24) is 0 Å². The van der Waals surface area contributed by atoms with E-state index in [9.17, 15) is 4.79 Å². The van der Waals surface area contributed by atoms with Crippen LogP contribution in [-0.2, 0) is 9.53 Å². The fourth-order valence-electron chi connectivity index (χ4n) is 1.05. The molecule has 0 spiro atoms. The van der Waals surface area contributed by atoms with Crippen LogP contribution in [0, 0.1) is 5.92 Å². The maximum atomic E-state index is 11.2. The standard InChI is InChI=1S/C11H13BrO2S/c1-8(11(13)14-2)7-15-10-6-4-3-5-9(10)12/h3-6,8H,7H2,1-2H3. The van der Waals surface area contributed by atoms with Gasteiger partial charge in [-0.15, -0.1) is 11.8 Å². The highest BCUT2D eigenvalue weighted by molar-refractivity contribution is 9.10. The molecule has 1 atom stereocenters. The monoisotopic (exact) mass is 288 g/mol. The minimum atomic E-state index is -0.158. The lowest BCUT2D eigenvalue weighted by Gasteiger charge is -2.09. The third-order valence-electron chi connectivity index (χ3n) is 1.93. The van der Waals surface area contributed by atoms with E-state index in [4.69, 9.17) is 0 Å². The molecule has 0 radical (unpaired) electrons. The Morgan fingerprint density at radius 2 is 2.20 bits per heavy atom. The zero-order chi connectivity index (χ0) is 11.3. The van der Waals surface area contributed by atoms with Crippen LogP contribution in [0.25, 0.3) is 0 Å². The average molecular weight is 289 g/mol. The number of methoxy groups -OCH3 is 1. The maximum Gasteiger partial charge on any atom is 0.309 e. The summed E-state index contributed by atoms with van der Waals surface area (Å²) in [7, 11) is 1.42. The first-order chi connectivity index (χ1) is 7.15. The Morgan fingerprint density at radius 3 is 2.80 bits per heavy atom. The topological polar surface area (TPSA) is 26.3 Å². The second-order valence-electron chi connectivity index (χ2n) is 3.17. The predicted octanol–water partition coefficient (Wildman–Crippen LogP) is 3.35. The van der Waals surface area contributed by atoms with Gasteiger partial charge in [-0.3, -0.25) is 4.79 Å². The first kappa shape index (κ1) is 12.6. The van der Waals surface area contributed by atoms with Crippen LogP contribution < -0.4 is 0 Å². The largest absolute Gasteiger partial charge is 0.469 e. The van der Waals surface area contributed by atoms with Gasteiger partial charge in [0.2, 0.25) is 0 Å².